The summed E-state index contributed by atoms with van der Waals surface area (Å²) in [5.41, 5.74) is 8.50. The van der Waals surface area contributed by atoms with Crippen LogP contribution in [0.3, 0.4) is 0 Å². The molecule has 2 aromatic carbocycles. The largest absolute Gasteiger partial charge is 0.416 e. The van der Waals surface area contributed by atoms with Crippen LogP contribution in [0.5, 0.6) is 0 Å². The molecule has 1 aromatic heterocycles. The van der Waals surface area contributed by atoms with Crippen LogP contribution >= 0.6 is 0 Å². The van der Waals surface area contributed by atoms with Crippen molar-refractivity contribution in [3.8, 4) is 22.4 Å². The van der Waals surface area contributed by atoms with Gasteiger partial charge in [-0.15, -0.1) is 0 Å². The van der Waals surface area contributed by atoms with Gasteiger partial charge in [0.15, 0.2) is 0 Å². The second-order valence-electron chi connectivity index (χ2n) is 8.17. The average molecular weight is 415 g/mol. The molecule has 0 aliphatic carbocycles. The van der Waals surface area contributed by atoms with Crippen LogP contribution in [0.25, 0.3) is 22.4 Å². The lowest BCUT2D eigenvalue weighted by atomic mass is 9.78. The summed E-state index contributed by atoms with van der Waals surface area (Å²) in [4.78, 5) is 12.4. The van der Waals surface area contributed by atoms with Crippen LogP contribution < -0.4 is 5.73 Å². The van der Waals surface area contributed by atoms with Gasteiger partial charge in [0.1, 0.15) is 0 Å². The van der Waals surface area contributed by atoms with Crippen LogP contribution in [-0.4, -0.2) is 15.7 Å². The number of hydrogen-bond acceptors (Lipinski definition) is 2. The number of carbonyl (C=O) groups excluding carboxylic acids is 1. The lowest BCUT2D eigenvalue weighted by Crippen LogP contribution is -2.23. The molecule has 0 aliphatic rings. The number of halogens is 3. The Kier molecular flexibility index (Phi) is 5.50. The van der Waals surface area contributed by atoms with E-state index in [0.29, 0.717) is 23.2 Å². The molecule has 0 saturated carbocycles. The topological polar surface area (TPSA) is 60.9 Å². The number of nitrogens with zero attached hydrogens (tertiary/aromatic N) is 2. The molecule has 0 bridgehead atoms. The Bertz CT molecular complexity index is 1070. The van der Waals surface area contributed by atoms with Crippen LogP contribution in [-0.2, 0) is 18.1 Å². The average Bonchev–Trinajstić information content (AvgIpc) is 3.14. The molecule has 0 atom stereocenters. The summed E-state index contributed by atoms with van der Waals surface area (Å²) >= 11 is 0. The maximum atomic E-state index is 12.9. The Balaban J connectivity index is 2.30. The molecule has 158 valence electrons. The fourth-order valence-corrected chi connectivity index (χ4v) is 3.68. The standard InChI is InChI=1S/C23H24F3N3O/c1-5-29-19(10-11-28-29)17-12-15(13-18(21(27)30)20(17)22(2,3)4)14-6-8-16(9-7-14)23(24,25)26/h6-13H,5H2,1-4H3,(H2,27,30). The molecule has 1 heterocycles. The summed E-state index contributed by atoms with van der Waals surface area (Å²) in [6.07, 6.45) is -2.73. The Hall–Kier alpha value is -3.09. The molecule has 0 saturated heterocycles. The van der Waals surface area contributed by atoms with Crippen molar-refractivity contribution < 1.29 is 18.0 Å². The Morgan fingerprint density at radius 1 is 1.03 bits per heavy atom. The van der Waals surface area contributed by atoms with E-state index < -0.39 is 23.1 Å². The van der Waals surface area contributed by atoms with Crippen molar-refractivity contribution >= 4 is 5.91 Å². The van der Waals surface area contributed by atoms with E-state index in [2.05, 4.69) is 5.10 Å². The highest BCUT2D eigenvalue weighted by molar-refractivity contribution is 5.98. The molecule has 3 rings (SSSR count). The molecule has 0 fully saturated rings. The third kappa shape index (κ3) is 4.10. The number of alkyl halides is 3. The van der Waals surface area contributed by atoms with Gasteiger partial charge in [0.25, 0.3) is 0 Å². The summed E-state index contributed by atoms with van der Waals surface area (Å²) in [5.74, 6) is -0.586. The Morgan fingerprint density at radius 2 is 1.67 bits per heavy atom. The molecular formula is C23H24F3N3O. The molecule has 0 radical (unpaired) electrons. The lowest BCUT2D eigenvalue weighted by Gasteiger charge is -2.27. The third-order valence-electron chi connectivity index (χ3n) is 4.99. The predicted molar refractivity (Wildman–Crippen MR) is 111 cm³/mol. The zero-order valence-corrected chi connectivity index (χ0v) is 17.3. The lowest BCUT2D eigenvalue weighted by molar-refractivity contribution is -0.137. The zero-order chi connectivity index (χ0) is 22.3. The number of aromatic nitrogens is 2. The number of amides is 1. The van der Waals surface area contributed by atoms with Gasteiger partial charge < -0.3 is 5.73 Å². The van der Waals surface area contributed by atoms with E-state index in [0.717, 1.165) is 29.0 Å². The van der Waals surface area contributed by atoms with E-state index in [1.165, 1.54) is 12.1 Å². The maximum absolute atomic E-state index is 12.9. The summed E-state index contributed by atoms with van der Waals surface area (Å²) in [7, 11) is 0. The van der Waals surface area contributed by atoms with Gasteiger partial charge in [0.05, 0.1) is 11.3 Å². The monoisotopic (exact) mass is 415 g/mol. The fourth-order valence-electron chi connectivity index (χ4n) is 3.68. The van der Waals surface area contributed by atoms with Gasteiger partial charge in [0, 0.05) is 23.9 Å². The van der Waals surface area contributed by atoms with E-state index in [1.807, 2.05) is 44.5 Å². The van der Waals surface area contributed by atoms with Gasteiger partial charge in [-0.1, -0.05) is 32.9 Å². The van der Waals surface area contributed by atoms with Gasteiger partial charge in [-0.3, -0.25) is 9.48 Å². The van der Waals surface area contributed by atoms with Crippen molar-refractivity contribution in [2.75, 3.05) is 0 Å². The summed E-state index contributed by atoms with van der Waals surface area (Å²) in [6, 6.07) is 10.3. The Morgan fingerprint density at radius 3 is 2.17 bits per heavy atom. The first-order chi connectivity index (χ1) is 13.9. The number of rotatable bonds is 4. The normalized spacial score (nSPS) is 12.2. The molecule has 30 heavy (non-hydrogen) atoms. The molecule has 7 heteroatoms. The molecule has 0 aliphatic heterocycles. The molecule has 0 spiro atoms. The number of benzene rings is 2. The Labute approximate surface area is 173 Å². The number of carbonyl (C=O) groups is 1. The van der Waals surface area contributed by atoms with E-state index in [9.17, 15) is 18.0 Å². The highest BCUT2D eigenvalue weighted by atomic mass is 19.4. The van der Waals surface area contributed by atoms with Gasteiger partial charge in [0.2, 0.25) is 5.91 Å². The van der Waals surface area contributed by atoms with Gasteiger partial charge in [-0.2, -0.15) is 18.3 Å². The fraction of sp³-hybridized carbons (Fsp3) is 0.304. The van der Waals surface area contributed by atoms with Gasteiger partial charge >= 0.3 is 6.18 Å². The minimum Gasteiger partial charge on any atom is -0.366 e. The van der Waals surface area contributed by atoms with Crippen LogP contribution in [0.2, 0.25) is 0 Å². The number of nitrogens with two attached hydrogens (primary N) is 1. The maximum Gasteiger partial charge on any atom is 0.416 e. The summed E-state index contributed by atoms with van der Waals surface area (Å²) < 4.78 is 40.6. The quantitative estimate of drug-likeness (QED) is 0.598. The highest BCUT2D eigenvalue weighted by Crippen LogP contribution is 2.39. The first-order valence-electron chi connectivity index (χ1n) is 9.61. The summed E-state index contributed by atoms with van der Waals surface area (Å²) in [6.45, 7) is 8.55. The highest BCUT2D eigenvalue weighted by Gasteiger charge is 2.30. The van der Waals surface area contributed by atoms with Crippen molar-refractivity contribution in [2.24, 2.45) is 5.73 Å². The first-order valence-corrected chi connectivity index (χ1v) is 9.61. The number of aryl methyl sites for hydroxylation is 1. The second kappa shape index (κ2) is 7.63. The second-order valence-corrected chi connectivity index (χ2v) is 8.17. The van der Waals surface area contributed by atoms with Gasteiger partial charge in [-0.05, 0) is 59.4 Å². The molecule has 0 unspecified atom stereocenters. The SMILES string of the molecule is CCn1nccc1-c1cc(-c2ccc(C(F)(F)F)cc2)cc(C(N)=O)c1C(C)(C)C. The molecule has 3 aromatic rings. The number of hydrogen-bond donors (Lipinski definition) is 1. The first kappa shape index (κ1) is 21.6. The molecule has 4 nitrogen and oxygen atoms in total. The van der Waals surface area contributed by atoms with E-state index in [1.54, 1.807) is 12.3 Å². The predicted octanol–water partition coefficient (Wildman–Crippen LogP) is 5.65. The van der Waals surface area contributed by atoms with Gasteiger partial charge in [-0.25, -0.2) is 0 Å². The van der Waals surface area contributed by atoms with Crippen LogP contribution in [0.4, 0.5) is 13.2 Å². The smallest absolute Gasteiger partial charge is 0.366 e. The van der Waals surface area contributed by atoms with Crippen LogP contribution in [0, 0.1) is 0 Å². The van der Waals surface area contributed by atoms with Crippen molar-refractivity contribution in [3.05, 3.63) is 65.4 Å². The van der Waals surface area contributed by atoms with Crippen LogP contribution in [0.15, 0.2) is 48.7 Å². The number of primary amides is 1. The summed E-state index contributed by atoms with van der Waals surface area (Å²) in [5, 5.41) is 4.33. The van der Waals surface area contributed by atoms with Crippen LogP contribution in [0.1, 0.15) is 49.2 Å². The van der Waals surface area contributed by atoms with Crippen molar-refractivity contribution in [1.29, 1.82) is 0 Å². The van der Waals surface area contributed by atoms with E-state index in [4.69, 9.17) is 5.73 Å². The third-order valence-corrected chi connectivity index (χ3v) is 4.99. The molecule has 2 N–H and O–H groups in total. The minimum absolute atomic E-state index is 0.346. The van der Waals surface area contributed by atoms with E-state index >= 15 is 0 Å². The molecular weight excluding hydrogens is 391 g/mol. The van der Waals surface area contributed by atoms with E-state index in [-0.39, 0.29) is 0 Å². The minimum atomic E-state index is -4.41. The molecule has 1 amide bonds. The zero-order valence-electron chi connectivity index (χ0n) is 17.3. The van der Waals surface area contributed by atoms with Crippen molar-refractivity contribution in [1.82, 2.24) is 9.78 Å². The van der Waals surface area contributed by atoms with Crippen molar-refractivity contribution in [2.45, 2.75) is 45.8 Å². The van der Waals surface area contributed by atoms with Crippen molar-refractivity contribution in [3.63, 3.8) is 0 Å².